The van der Waals surface area contributed by atoms with Crippen molar-refractivity contribution in [3.63, 3.8) is 0 Å². The molecule has 2 aromatic rings. The summed E-state index contributed by atoms with van der Waals surface area (Å²) in [4.78, 5) is 14.3. The quantitative estimate of drug-likeness (QED) is 0.509. The molecule has 0 unspecified atom stereocenters. The fourth-order valence-corrected chi connectivity index (χ4v) is 2.82. The van der Waals surface area contributed by atoms with Crippen LogP contribution in [-0.4, -0.2) is 25.2 Å². The number of benzene rings is 2. The molecule has 0 spiro atoms. The third kappa shape index (κ3) is 6.71. The van der Waals surface area contributed by atoms with Crippen molar-refractivity contribution in [3.8, 4) is 0 Å². The minimum Gasteiger partial charge on any atom is -0.372 e. The summed E-state index contributed by atoms with van der Waals surface area (Å²) in [5.74, 6) is -0.0706. The first kappa shape index (κ1) is 19.7. The van der Waals surface area contributed by atoms with Gasteiger partial charge in [-0.1, -0.05) is 56.3 Å². The van der Waals surface area contributed by atoms with Crippen molar-refractivity contribution >= 4 is 17.8 Å². The number of rotatable bonds is 10. The van der Waals surface area contributed by atoms with Gasteiger partial charge in [-0.2, -0.15) is 5.10 Å². The van der Waals surface area contributed by atoms with Crippen LogP contribution in [0.3, 0.4) is 0 Å². The molecule has 4 heteroatoms. The van der Waals surface area contributed by atoms with Crippen LogP contribution in [0.25, 0.3) is 0 Å². The fraction of sp³-hybridized carbons (Fsp3) is 0.364. The Balaban J connectivity index is 1.81. The van der Waals surface area contributed by atoms with E-state index in [4.69, 9.17) is 0 Å². The molecule has 4 nitrogen and oxygen atoms in total. The van der Waals surface area contributed by atoms with Gasteiger partial charge in [0, 0.05) is 25.2 Å². The minimum atomic E-state index is -0.0706. The molecule has 0 fully saturated rings. The zero-order chi connectivity index (χ0) is 18.6. The molecule has 0 saturated heterocycles. The lowest BCUT2D eigenvalue weighted by molar-refractivity contribution is -0.121. The predicted molar refractivity (Wildman–Crippen MR) is 110 cm³/mol. The summed E-state index contributed by atoms with van der Waals surface area (Å²) in [6, 6.07) is 18.3. The number of nitrogens with one attached hydrogen (secondary N) is 1. The van der Waals surface area contributed by atoms with Crippen molar-refractivity contribution in [2.24, 2.45) is 5.10 Å². The van der Waals surface area contributed by atoms with Crippen LogP contribution in [0, 0.1) is 0 Å². The van der Waals surface area contributed by atoms with Crippen LogP contribution in [0.1, 0.15) is 44.2 Å². The van der Waals surface area contributed by atoms with Crippen LogP contribution in [0.2, 0.25) is 0 Å². The number of aryl methyl sites for hydroxylation is 1. The van der Waals surface area contributed by atoms with E-state index in [0.717, 1.165) is 43.5 Å². The predicted octanol–water partition coefficient (Wildman–Crippen LogP) is 4.40. The molecule has 0 aliphatic rings. The van der Waals surface area contributed by atoms with E-state index in [-0.39, 0.29) is 5.91 Å². The third-order valence-electron chi connectivity index (χ3n) is 4.13. The number of hydrogen-bond donors (Lipinski definition) is 1. The molecule has 2 aromatic carbocycles. The van der Waals surface area contributed by atoms with Gasteiger partial charge >= 0.3 is 0 Å². The van der Waals surface area contributed by atoms with Gasteiger partial charge in [0.05, 0.1) is 6.21 Å². The number of hydrazone groups is 1. The lowest BCUT2D eigenvalue weighted by atomic mass is 10.1. The van der Waals surface area contributed by atoms with Gasteiger partial charge in [0.25, 0.3) is 0 Å². The Morgan fingerprint density at radius 2 is 1.65 bits per heavy atom. The van der Waals surface area contributed by atoms with Gasteiger partial charge in [-0.15, -0.1) is 0 Å². The molecule has 1 amide bonds. The molecule has 26 heavy (non-hydrogen) atoms. The molecular weight excluding hydrogens is 322 g/mol. The first-order valence-corrected chi connectivity index (χ1v) is 9.43. The van der Waals surface area contributed by atoms with E-state index in [1.165, 1.54) is 5.69 Å². The summed E-state index contributed by atoms with van der Waals surface area (Å²) < 4.78 is 0. The van der Waals surface area contributed by atoms with E-state index in [0.29, 0.717) is 6.42 Å². The Hall–Kier alpha value is -2.62. The summed E-state index contributed by atoms with van der Waals surface area (Å²) in [6.07, 6.45) is 5.12. The maximum atomic E-state index is 11.9. The smallest absolute Gasteiger partial charge is 0.240 e. The van der Waals surface area contributed by atoms with Crippen molar-refractivity contribution in [2.75, 3.05) is 18.0 Å². The van der Waals surface area contributed by atoms with Gasteiger partial charge in [0.1, 0.15) is 0 Å². The Bertz CT molecular complexity index is 674. The lowest BCUT2D eigenvalue weighted by Gasteiger charge is -2.23. The van der Waals surface area contributed by atoms with E-state index in [9.17, 15) is 4.79 Å². The second-order valence-electron chi connectivity index (χ2n) is 6.36. The fourth-order valence-electron chi connectivity index (χ4n) is 2.82. The Labute approximate surface area is 156 Å². The van der Waals surface area contributed by atoms with Crippen LogP contribution < -0.4 is 10.3 Å². The minimum absolute atomic E-state index is 0.0706. The summed E-state index contributed by atoms with van der Waals surface area (Å²) in [7, 11) is 0. The molecule has 0 aromatic heterocycles. The van der Waals surface area contributed by atoms with Gasteiger partial charge in [-0.25, -0.2) is 5.43 Å². The Kier molecular flexibility index (Phi) is 8.40. The number of anilines is 1. The van der Waals surface area contributed by atoms with Gasteiger partial charge in [0.2, 0.25) is 5.91 Å². The number of carbonyl (C=O) groups is 1. The summed E-state index contributed by atoms with van der Waals surface area (Å²) in [6.45, 7) is 6.53. The van der Waals surface area contributed by atoms with Gasteiger partial charge < -0.3 is 4.90 Å². The van der Waals surface area contributed by atoms with Gasteiger partial charge in [-0.3, -0.25) is 4.79 Å². The molecular formula is C22H29N3O. The van der Waals surface area contributed by atoms with E-state index >= 15 is 0 Å². The zero-order valence-corrected chi connectivity index (χ0v) is 15.8. The summed E-state index contributed by atoms with van der Waals surface area (Å²) >= 11 is 0. The molecule has 0 heterocycles. The topological polar surface area (TPSA) is 44.7 Å². The molecule has 1 N–H and O–H groups in total. The average molecular weight is 351 g/mol. The van der Waals surface area contributed by atoms with E-state index in [2.05, 4.69) is 41.4 Å². The maximum absolute atomic E-state index is 11.9. The molecule has 0 atom stereocenters. The van der Waals surface area contributed by atoms with Crippen LogP contribution in [0.4, 0.5) is 5.69 Å². The number of amides is 1. The Morgan fingerprint density at radius 1 is 1.00 bits per heavy atom. The van der Waals surface area contributed by atoms with Crippen molar-refractivity contribution in [1.29, 1.82) is 0 Å². The number of carbonyl (C=O) groups excluding carboxylic acids is 1. The SMILES string of the molecule is CCCN(CCC)c1ccc(/C=N\NC(=O)CCc2ccccc2)cc1. The second kappa shape index (κ2) is 11.1. The molecule has 0 aliphatic heterocycles. The monoisotopic (exact) mass is 351 g/mol. The highest BCUT2D eigenvalue weighted by atomic mass is 16.2. The normalized spacial score (nSPS) is 10.8. The van der Waals surface area contributed by atoms with Crippen molar-refractivity contribution < 1.29 is 4.79 Å². The second-order valence-corrected chi connectivity index (χ2v) is 6.36. The third-order valence-corrected chi connectivity index (χ3v) is 4.13. The number of nitrogens with zero attached hydrogens (tertiary/aromatic N) is 2. The highest BCUT2D eigenvalue weighted by Crippen LogP contribution is 2.15. The van der Waals surface area contributed by atoms with Crippen LogP contribution in [0.5, 0.6) is 0 Å². The summed E-state index contributed by atoms with van der Waals surface area (Å²) in [5, 5.41) is 4.06. The standard InChI is InChI=1S/C22H29N3O/c1-3-16-25(17-4-2)21-13-10-20(11-14-21)18-23-24-22(26)15-12-19-8-6-5-7-9-19/h5-11,13-14,18H,3-4,12,15-17H2,1-2H3,(H,24,26)/b23-18-. The van der Waals surface area contributed by atoms with Gasteiger partial charge in [-0.05, 0) is 42.5 Å². The van der Waals surface area contributed by atoms with Crippen molar-refractivity contribution in [3.05, 3.63) is 65.7 Å². The van der Waals surface area contributed by atoms with E-state index in [1.54, 1.807) is 6.21 Å². The van der Waals surface area contributed by atoms with E-state index in [1.807, 2.05) is 42.5 Å². The highest BCUT2D eigenvalue weighted by molar-refractivity contribution is 5.83. The molecule has 0 bridgehead atoms. The highest BCUT2D eigenvalue weighted by Gasteiger charge is 2.04. The molecule has 138 valence electrons. The molecule has 0 radical (unpaired) electrons. The van der Waals surface area contributed by atoms with Crippen molar-refractivity contribution in [2.45, 2.75) is 39.5 Å². The molecule has 0 aliphatic carbocycles. The number of hydrogen-bond acceptors (Lipinski definition) is 3. The Morgan fingerprint density at radius 3 is 2.27 bits per heavy atom. The van der Waals surface area contributed by atoms with E-state index < -0.39 is 0 Å². The zero-order valence-electron chi connectivity index (χ0n) is 15.8. The first-order valence-electron chi connectivity index (χ1n) is 9.43. The molecule has 2 rings (SSSR count). The summed E-state index contributed by atoms with van der Waals surface area (Å²) in [5.41, 5.74) is 5.97. The lowest BCUT2D eigenvalue weighted by Crippen LogP contribution is -2.24. The average Bonchev–Trinajstić information content (AvgIpc) is 2.68. The van der Waals surface area contributed by atoms with Crippen LogP contribution in [-0.2, 0) is 11.2 Å². The van der Waals surface area contributed by atoms with Crippen LogP contribution >= 0.6 is 0 Å². The maximum Gasteiger partial charge on any atom is 0.240 e. The van der Waals surface area contributed by atoms with Gasteiger partial charge in [0.15, 0.2) is 0 Å². The largest absolute Gasteiger partial charge is 0.372 e. The first-order chi connectivity index (χ1) is 12.7. The molecule has 0 saturated carbocycles. The van der Waals surface area contributed by atoms with Crippen molar-refractivity contribution in [1.82, 2.24) is 5.43 Å². The van der Waals surface area contributed by atoms with Crippen LogP contribution in [0.15, 0.2) is 59.7 Å².